The molecule has 0 bridgehead atoms. The Bertz CT molecular complexity index is 1550. The van der Waals surface area contributed by atoms with Gasteiger partial charge in [0, 0.05) is 5.92 Å². The number of para-hydroxylation sites is 2. The minimum atomic E-state index is -5.24. The Labute approximate surface area is 246 Å². The number of rotatable bonds is 15. The van der Waals surface area contributed by atoms with E-state index in [1.807, 2.05) is 0 Å². The van der Waals surface area contributed by atoms with E-state index in [4.69, 9.17) is 14.8 Å². The monoisotopic (exact) mass is 642 g/mol. The van der Waals surface area contributed by atoms with Gasteiger partial charge in [0.05, 0.1) is 35.0 Å². The van der Waals surface area contributed by atoms with Crippen LogP contribution in [0.2, 0.25) is 0 Å². The number of hydrogen-bond acceptors (Lipinski definition) is 8. The van der Waals surface area contributed by atoms with Crippen molar-refractivity contribution in [3.05, 3.63) is 71.8 Å². The highest BCUT2D eigenvalue weighted by Gasteiger charge is 2.36. The van der Waals surface area contributed by atoms with E-state index in [0.29, 0.717) is 16.6 Å². The fourth-order valence-electron chi connectivity index (χ4n) is 4.51. The average Bonchev–Trinajstić information content (AvgIpc) is 2.87. The van der Waals surface area contributed by atoms with Gasteiger partial charge in [-0.2, -0.15) is 0 Å². The molecule has 3 aromatic rings. The lowest BCUT2D eigenvalue weighted by molar-refractivity contribution is -0.123. The van der Waals surface area contributed by atoms with Crippen molar-refractivity contribution in [3.63, 3.8) is 0 Å². The summed E-state index contributed by atoms with van der Waals surface area (Å²) in [6, 6.07) is 10.8. The van der Waals surface area contributed by atoms with E-state index in [-0.39, 0.29) is 25.0 Å². The van der Waals surface area contributed by atoms with Crippen LogP contribution < -0.4 is 11.1 Å². The molecule has 3 rings (SSSR count). The number of carbonyl (C=O) groups excluding carboxylic acids is 2. The molecule has 1 aromatic heterocycles. The lowest BCUT2D eigenvalue weighted by Crippen LogP contribution is -2.47. The molecule has 0 radical (unpaired) electrons. The van der Waals surface area contributed by atoms with Crippen LogP contribution in [0.15, 0.2) is 54.7 Å². The van der Waals surface area contributed by atoms with Gasteiger partial charge in [0.15, 0.2) is 0 Å². The number of phosphoric ester groups is 2. The smallest absolute Gasteiger partial charge is 0.369 e. The number of hydrogen-bond donors (Lipinski definition) is 6. The van der Waals surface area contributed by atoms with Crippen LogP contribution in [0.3, 0.4) is 0 Å². The van der Waals surface area contributed by atoms with Crippen LogP contribution in [0.4, 0.5) is 4.39 Å². The van der Waals surface area contributed by atoms with Crippen LogP contribution in [-0.2, 0) is 29.4 Å². The second-order valence-corrected chi connectivity index (χ2v) is 12.9. The Kier molecular flexibility index (Phi) is 11.3. The zero-order chi connectivity index (χ0) is 32.0. The van der Waals surface area contributed by atoms with Gasteiger partial charge in [-0.15, -0.1) is 0 Å². The van der Waals surface area contributed by atoms with E-state index >= 15 is 0 Å². The van der Waals surface area contributed by atoms with Crippen molar-refractivity contribution in [1.82, 2.24) is 15.3 Å². The van der Waals surface area contributed by atoms with Crippen molar-refractivity contribution >= 4 is 38.5 Å². The van der Waals surface area contributed by atoms with E-state index in [2.05, 4.69) is 15.3 Å². The molecule has 234 valence electrons. The quantitative estimate of drug-likeness (QED) is 0.131. The Morgan fingerprint density at radius 2 is 1.72 bits per heavy atom. The number of nitrogens with two attached hydrogens (primary N) is 1. The maximum atomic E-state index is 14.0. The normalized spacial score (nSPS) is 14.7. The maximum Gasteiger partial charge on any atom is 0.470 e. The van der Waals surface area contributed by atoms with Gasteiger partial charge in [-0.25, -0.2) is 18.5 Å². The van der Waals surface area contributed by atoms with Crippen LogP contribution in [0.25, 0.3) is 11.0 Å². The summed E-state index contributed by atoms with van der Waals surface area (Å²) < 4.78 is 47.2. The maximum absolute atomic E-state index is 14.0. The number of nitrogens with one attached hydrogen (secondary N) is 1. The zero-order valence-electron chi connectivity index (χ0n) is 23.2. The molecule has 43 heavy (non-hydrogen) atoms. The van der Waals surface area contributed by atoms with Gasteiger partial charge in [0.2, 0.25) is 5.91 Å². The third-order valence-corrected chi connectivity index (χ3v) is 7.72. The SMILES string of the molecule is CC(C)(CCC(CC(OP(=O)(O)O)C(Cc1cccc(F)c1)NC(=O)c1cnc2ccccc2n1)C(N)=O)OP(=O)(O)O. The summed E-state index contributed by atoms with van der Waals surface area (Å²) in [5.41, 5.74) is 5.32. The molecule has 0 aliphatic rings. The molecule has 0 spiro atoms. The van der Waals surface area contributed by atoms with E-state index in [1.54, 1.807) is 24.3 Å². The van der Waals surface area contributed by atoms with Crippen molar-refractivity contribution in [3.8, 4) is 0 Å². The predicted octanol–water partition coefficient (Wildman–Crippen LogP) is 2.75. The Morgan fingerprint density at radius 3 is 2.33 bits per heavy atom. The number of fused-ring (bicyclic) bond motifs is 1. The molecular weight excluding hydrogens is 609 g/mol. The summed E-state index contributed by atoms with van der Waals surface area (Å²) in [7, 11) is -10.1. The van der Waals surface area contributed by atoms with Crippen LogP contribution in [0.1, 0.15) is 49.2 Å². The van der Waals surface area contributed by atoms with Gasteiger partial charge >= 0.3 is 15.6 Å². The second-order valence-electron chi connectivity index (χ2n) is 10.5. The Morgan fingerprint density at radius 1 is 1.05 bits per heavy atom. The van der Waals surface area contributed by atoms with Crippen LogP contribution in [0, 0.1) is 11.7 Å². The van der Waals surface area contributed by atoms with Gasteiger partial charge in [-0.3, -0.25) is 23.6 Å². The lowest BCUT2D eigenvalue weighted by Gasteiger charge is -2.32. The molecule has 14 nitrogen and oxygen atoms in total. The third kappa shape index (κ3) is 11.5. The van der Waals surface area contributed by atoms with E-state index in [9.17, 15) is 42.7 Å². The van der Waals surface area contributed by atoms with Crippen molar-refractivity contribution in [2.75, 3.05) is 0 Å². The summed E-state index contributed by atoms with van der Waals surface area (Å²) in [5, 5.41) is 2.62. The van der Waals surface area contributed by atoms with Crippen LogP contribution in [-0.4, -0.2) is 59.1 Å². The lowest BCUT2D eigenvalue weighted by atomic mass is 9.87. The molecule has 0 fully saturated rings. The number of carbonyl (C=O) groups is 2. The second kappa shape index (κ2) is 14.1. The Balaban J connectivity index is 1.95. The first kappa shape index (κ1) is 34.4. The first-order valence-electron chi connectivity index (χ1n) is 13.0. The number of benzene rings is 2. The molecule has 0 aliphatic carbocycles. The van der Waals surface area contributed by atoms with Crippen LogP contribution in [0.5, 0.6) is 0 Å². The van der Waals surface area contributed by atoms with Gasteiger partial charge in [-0.1, -0.05) is 24.3 Å². The summed E-state index contributed by atoms with van der Waals surface area (Å²) in [5.74, 6) is -3.44. The topological polar surface area (TPSA) is 231 Å². The number of amides is 2. The number of phosphoric acid groups is 2. The minimum absolute atomic E-state index is 0.0953. The summed E-state index contributed by atoms with van der Waals surface area (Å²) in [4.78, 5) is 72.0. The highest BCUT2D eigenvalue weighted by atomic mass is 31.2. The largest absolute Gasteiger partial charge is 0.470 e. The van der Waals surface area contributed by atoms with E-state index in [1.165, 1.54) is 38.2 Å². The summed E-state index contributed by atoms with van der Waals surface area (Å²) in [6.45, 7) is 2.76. The summed E-state index contributed by atoms with van der Waals surface area (Å²) in [6.07, 6.45) is -1.18. The van der Waals surface area contributed by atoms with Gasteiger partial charge in [-0.05, 0) is 69.4 Å². The fourth-order valence-corrected chi connectivity index (χ4v) is 5.83. The molecule has 3 unspecified atom stereocenters. The standard InChI is InChI=1S/C26H33FN4O10P2/c1-26(2,41-43(37,38)39)11-10-17(24(28)32)14-23(40-42(34,35)36)21(13-16-6-5-7-18(27)12-16)31-25(33)22-15-29-19-8-3-4-9-20(19)30-22/h3-9,12,15,17,21,23H,10-11,13-14H2,1-2H3,(H2,28,32)(H,31,33)(H2,34,35,36)(H2,37,38,39). The molecule has 0 saturated carbocycles. The number of nitrogens with zero attached hydrogens (tertiary/aromatic N) is 2. The van der Waals surface area contributed by atoms with Crippen molar-refractivity contribution in [2.45, 2.75) is 57.3 Å². The molecule has 2 aromatic carbocycles. The van der Waals surface area contributed by atoms with Gasteiger partial charge in [0.25, 0.3) is 5.91 Å². The third-order valence-electron chi connectivity index (χ3n) is 6.44. The van der Waals surface area contributed by atoms with E-state index in [0.717, 1.165) is 6.07 Å². The van der Waals surface area contributed by atoms with Gasteiger partial charge < -0.3 is 30.6 Å². The summed E-state index contributed by atoms with van der Waals surface area (Å²) >= 11 is 0. The zero-order valence-corrected chi connectivity index (χ0v) is 25.0. The molecule has 3 atom stereocenters. The van der Waals surface area contributed by atoms with Crippen molar-refractivity contribution < 1.29 is 51.7 Å². The first-order chi connectivity index (χ1) is 19.9. The van der Waals surface area contributed by atoms with Crippen molar-refractivity contribution in [2.24, 2.45) is 11.7 Å². The number of halogens is 1. The fraction of sp³-hybridized carbons (Fsp3) is 0.385. The van der Waals surface area contributed by atoms with E-state index < -0.39 is 63.4 Å². The first-order valence-corrected chi connectivity index (χ1v) is 16.0. The number of aromatic nitrogens is 2. The molecule has 0 aliphatic heterocycles. The molecular formula is C26H33FN4O10P2. The Hall–Kier alpha value is -3.13. The highest BCUT2D eigenvalue weighted by Crippen LogP contribution is 2.44. The number of primary amides is 1. The predicted molar refractivity (Wildman–Crippen MR) is 152 cm³/mol. The molecule has 2 amide bonds. The average molecular weight is 643 g/mol. The van der Waals surface area contributed by atoms with Crippen LogP contribution >= 0.6 is 15.6 Å². The minimum Gasteiger partial charge on any atom is -0.369 e. The van der Waals surface area contributed by atoms with Gasteiger partial charge in [0.1, 0.15) is 11.5 Å². The molecule has 17 heteroatoms. The molecule has 0 saturated heterocycles. The highest BCUT2D eigenvalue weighted by molar-refractivity contribution is 7.46. The van der Waals surface area contributed by atoms with Crippen molar-refractivity contribution in [1.29, 1.82) is 0 Å². The molecule has 1 heterocycles. The molecule has 7 N–H and O–H groups in total.